The van der Waals surface area contributed by atoms with Crippen molar-refractivity contribution >= 4 is 17.8 Å². The van der Waals surface area contributed by atoms with Gasteiger partial charge in [0.25, 0.3) is 0 Å². The normalized spacial score (nSPS) is 10.4. The van der Waals surface area contributed by atoms with Crippen molar-refractivity contribution in [1.29, 1.82) is 0 Å². The summed E-state index contributed by atoms with van der Waals surface area (Å²) in [5.41, 5.74) is 0.854. The van der Waals surface area contributed by atoms with Gasteiger partial charge in [0.15, 0.2) is 0 Å². The Labute approximate surface area is 88.8 Å². The first-order valence-corrected chi connectivity index (χ1v) is 4.73. The van der Waals surface area contributed by atoms with Gasteiger partial charge in [0.05, 0.1) is 6.21 Å². The summed E-state index contributed by atoms with van der Waals surface area (Å²) in [6, 6.07) is 7.46. The van der Waals surface area contributed by atoms with Crippen molar-refractivity contribution in [3.8, 4) is 0 Å². The van der Waals surface area contributed by atoms with Crippen molar-refractivity contribution in [3.63, 3.8) is 0 Å². The molecule has 0 N–H and O–H groups in total. The van der Waals surface area contributed by atoms with Crippen LogP contribution in [0.25, 0.3) is 0 Å². The number of hydrogen-bond acceptors (Lipinski definition) is 2. The lowest BCUT2D eigenvalue weighted by Gasteiger charge is -1.96. The predicted molar refractivity (Wildman–Crippen MR) is 59.8 cm³/mol. The SMILES string of the molecule is C=CCCON=Cc1ccccc1Cl. The van der Waals surface area contributed by atoms with Crippen molar-refractivity contribution in [2.24, 2.45) is 5.16 Å². The van der Waals surface area contributed by atoms with E-state index in [1.165, 1.54) is 0 Å². The van der Waals surface area contributed by atoms with Gasteiger partial charge < -0.3 is 4.84 Å². The van der Waals surface area contributed by atoms with E-state index in [2.05, 4.69) is 11.7 Å². The molecule has 2 nitrogen and oxygen atoms in total. The summed E-state index contributed by atoms with van der Waals surface area (Å²) >= 11 is 5.90. The molecule has 1 aromatic rings. The van der Waals surface area contributed by atoms with E-state index in [1.54, 1.807) is 12.3 Å². The molecule has 0 amide bonds. The largest absolute Gasteiger partial charge is 0.395 e. The third-order valence-electron chi connectivity index (χ3n) is 1.58. The third kappa shape index (κ3) is 3.62. The molecular weight excluding hydrogens is 198 g/mol. The number of oxime groups is 1. The van der Waals surface area contributed by atoms with E-state index in [1.807, 2.05) is 24.3 Å². The standard InChI is InChI=1S/C11H12ClNO/c1-2-3-8-14-13-9-10-6-4-5-7-11(10)12/h2,4-7,9H,1,3,8H2. The van der Waals surface area contributed by atoms with Crippen molar-refractivity contribution in [3.05, 3.63) is 47.5 Å². The molecule has 1 aromatic carbocycles. The van der Waals surface area contributed by atoms with Gasteiger partial charge in [-0.05, 0) is 6.07 Å². The fourth-order valence-corrected chi connectivity index (χ4v) is 1.05. The van der Waals surface area contributed by atoms with Crippen LogP contribution in [-0.4, -0.2) is 12.8 Å². The van der Waals surface area contributed by atoms with E-state index in [4.69, 9.17) is 16.4 Å². The van der Waals surface area contributed by atoms with Crippen LogP contribution in [0, 0.1) is 0 Å². The van der Waals surface area contributed by atoms with E-state index >= 15 is 0 Å². The smallest absolute Gasteiger partial charge is 0.120 e. The van der Waals surface area contributed by atoms with Gasteiger partial charge in [-0.2, -0.15) is 0 Å². The Balaban J connectivity index is 2.43. The summed E-state index contributed by atoms with van der Waals surface area (Å²) in [6.45, 7) is 4.12. The Morgan fingerprint density at radius 1 is 1.43 bits per heavy atom. The maximum atomic E-state index is 5.90. The summed E-state index contributed by atoms with van der Waals surface area (Å²) in [6.07, 6.45) is 4.18. The molecule has 0 fully saturated rings. The molecule has 0 saturated heterocycles. The summed E-state index contributed by atoms with van der Waals surface area (Å²) in [4.78, 5) is 4.97. The zero-order chi connectivity index (χ0) is 10.2. The van der Waals surface area contributed by atoms with Crippen molar-refractivity contribution in [2.45, 2.75) is 6.42 Å². The molecule has 74 valence electrons. The molecule has 0 unspecified atom stereocenters. The van der Waals surface area contributed by atoms with Gasteiger partial charge >= 0.3 is 0 Å². The third-order valence-corrected chi connectivity index (χ3v) is 1.93. The molecule has 0 aromatic heterocycles. The molecule has 0 saturated carbocycles. The molecule has 0 aliphatic heterocycles. The fourth-order valence-electron chi connectivity index (χ4n) is 0.863. The number of benzene rings is 1. The minimum Gasteiger partial charge on any atom is -0.395 e. The van der Waals surface area contributed by atoms with E-state index in [-0.39, 0.29) is 0 Å². The lowest BCUT2D eigenvalue weighted by atomic mass is 10.2. The first-order chi connectivity index (χ1) is 6.84. The van der Waals surface area contributed by atoms with E-state index in [0.29, 0.717) is 11.6 Å². The van der Waals surface area contributed by atoms with Gasteiger partial charge in [0.1, 0.15) is 6.61 Å². The highest BCUT2D eigenvalue weighted by Crippen LogP contribution is 2.12. The zero-order valence-corrected chi connectivity index (χ0v) is 8.57. The summed E-state index contributed by atoms with van der Waals surface area (Å²) < 4.78 is 0. The number of halogens is 1. The predicted octanol–water partition coefficient (Wildman–Crippen LogP) is 3.27. The van der Waals surface area contributed by atoms with Crippen LogP contribution in [0.4, 0.5) is 0 Å². The molecule has 3 heteroatoms. The molecule has 0 spiro atoms. The lowest BCUT2D eigenvalue weighted by molar-refractivity contribution is 0.151. The summed E-state index contributed by atoms with van der Waals surface area (Å²) in [7, 11) is 0. The molecule has 0 heterocycles. The number of hydrogen-bond donors (Lipinski definition) is 0. The van der Waals surface area contributed by atoms with Gasteiger partial charge in [-0.3, -0.25) is 0 Å². The van der Waals surface area contributed by atoms with Gasteiger partial charge in [0, 0.05) is 17.0 Å². The molecule has 1 rings (SSSR count). The molecule has 0 aliphatic carbocycles. The van der Waals surface area contributed by atoms with Crippen LogP contribution < -0.4 is 0 Å². The first kappa shape index (κ1) is 10.8. The minimum absolute atomic E-state index is 0.546. The van der Waals surface area contributed by atoms with Crippen molar-refractivity contribution < 1.29 is 4.84 Å². The lowest BCUT2D eigenvalue weighted by Crippen LogP contribution is -1.87. The van der Waals surface area contributed by atoms with Crippen LogP contribution in [0.2, 0.25) is 5.02 Å². The van der Waals surface area contributed by atoms with Gasteiger partial charge in [-0.1, -0.05) is 41.0 Å². The van der Waals surface area contributed by atoms with Crippen LogP contribution in [0.5, 0.6) is 0 Å². The van der Waals surface area contributed by atoms with Gasteiger partial charge in [0.2, 0.25) is 0 Å². The van der Waals surface area contributed by atoms with Crippen LogP contribution in [0.15, 0.2) is 42.1 Å². The summed E-state index contributed by atoms with van der Waals surface area (Å²) in [5, 5.41) is 4.45. The van der Waals surface area contributed by atoms with E-state index in [9.17, 15) is 0 Å². The average molecular weight is 210 g/mol. The van der Waals surface area contributed by atoms with Gasteiger partial charge in [-0.25, -0.2) is 0 Å². The quantitative estimate of drug-likeness (QED) is 0.316. The number of rotatable bonds is 5. The van der Waals surface area contributed by atoms with Crippen molar-refractivity contribution in [1.82, 2.24) is 0 Å². The average Bonchev–Trinajstić information content (AvgIpc) is 2.20. The van der Waals surface area contributed by atoms with Gasteiger partial charge in [-0.15, -0.1) is 6.58 Å². The van der Waals surface area contributed by atoms with Crippen LogP contribution >= 0.6 is 11.6 Å². The topological polar surface area (TPSA) is 21.6 Å². The van der Waals surface area contributed by atoms with Crippen LogP contribution in [0.1, 0.15) is 12.0 Å². The molecule has 0 aliphatic rings. The monoisotopic (exact) mass is 209 g/mol. The molecule has 14 heavy (non-hydrogen) atoms. The Morgan fingerprint density at radius 3 is 2.93 bits per heavy atom. The number of nitrogens with zero attached hydrogens (tertiary/aromatic N) is 1. The van der Waals surface area contributed by atoms with E-state index < -0.39 is 0 Å². The Kier molecular flexibility index (Phi) is 4.79. The highest BCUT2D eigenvalue weighted by Gasteiger charge is 1.93. The molecular formula is C11H12ClNO. The Hall–Kier alpha value is -1.28. The molecule has 0 bridgehead atoms. The first-order valence-electron chi connectivity index (χ1n) is 4.35. The second-order valence-corrected chi connectivity index (χ2v) is 3.07. The highest BCUT2D eigenvalue weighted by molar-refractivity contribution is 6.33. The Morgan fingerprint density at radius 2 is 2.21 bits per heavy atom. The maximum absolute atomic E-state index is 5.90. The second-order valence-electron chi connectivity index (χ2n) is 2.67. The minimum atomic E-state index is 0.546. The zero-order valence-electron chi connectivity index (χ0n) is 7.82. The fraction of sp³-hybridized carbons (Fsp3) is 0.182. The second kappa shape index (κ2) is 6.22. The maximum Gasteiger partial charge on any atom is 0.120 e. The molecule has 0 atom stereocenters. The Bertz CT molecular complexity index is 323. The summed E-state index contributed by atoms with van der Waals surface area (Å²) in [5.74, 6) is 0. The van der Waals surface area contributed by atoms with E-state index in [0.717, 1.165) is 12.0 Å². The van der Waals surface area contributed by atoms with Crippen LogP contribution in [0.3, 0.4) is 0 Å². The van der Waals surface area contributed by atoms with Crippen LogP contribution in [-0.2, 0) is 4.84 Å². The molecule has 0 radical (unpaired) electrons. The van der Waals surface area contributed by atoms with Crippen molar-refractivity contribution in [2.75, 3.05) is 6.61 Å². The highest BCUT2D eigenvalue weighted by atomic mass is 35.5.